The molecule has 1 saturated heterocycles. The molecule has 4 rings (SSSR count). The van der Waals surface area contributed by atoms with Gasteiger partial charge in [-0.05, 0) is 37.3 Å². The number of halogens is 1. The van der Waals surface area contributed by atoms with E-state index in [0.717, 1.165) is 12.8 Å². The number of nitrogens with one attached hydrogen (secondary N) is 1. The third-order valence-electron chi connectivity index (χ3n) is 6.69. The fraction of sp³-hybridized carbons (Fsp3) is 0.588. The van der Waals surface area contributed by atoms with Crippen molar-refractivity contribution in [1.82, 2.24) is 0 Å². The Hall–Kier alpha value is -1.42. The van der Waals surface area contributed by atoms with Crippen LogP contribution in [0.1, 0.15) is 33.1 Å². The highest BCUT2D eigenvalue weighted by molar-refractivity contribution is 5.99. The van der Waals surface area contributed by atoms with Gasteiger partial charge in [0.1, 0.15) is 5.82 Å². The molecule has 1 aliphatic heterocycles. The number of hydrogen-bond acceptors (Lipinski definition) is 2. The minimum Gasteiger partial charge on any atom is -0.364 e. The number of carbonyl (C=O) groups is 1. The van der Waals surface area contributed by atoms with Gasteiger partial charge in [0, 0.05) is 10.8 Å². The van der Waals surface area contributed by atoms with Crippen LogP contribution in [0.15, 0.2) is 24.3 Å². The minimum atomic E-state index is -0.785. The summed E-state index contributed by atoms with van der Waals surface area (Å²) < 4.78 is 19.8. The van der Waals surface area contributed by atoms with Gasteiger partial charge >= 0.3 is 0 Å². The Balaban J connectivity index is 1.68. The van der Waals surface area contributed by atoms with E-state index in [1.54, 1.807) is 18.2 Å². The summed E-state index contributed by atoms with van der Waals surface area (Å²) in [7, 11) is 0. The number of para-hydroxylation sites is 1. The smallest absolute Gasteiger partial charge is 0.257 e. The quantitative estimate of drug-likeness (QED) is 0.906. The molecule has 0 spiro atoms. The Bertz CT molecular complexity index is 633. The molecule has 0 aromatic heterocycles. The molecule has 3 aliphatic rings. The highest BCUT2D eigenvalue weighted by Crippen LogP contribution is 2.75. The lowest BCUT2D eigenvalue weighted by Crippen LogP contribution is -2.52. The van der Waals surface area contributed by atoms with Gasteiger partial charge < -0.3 is 10.1 Å². The van der Waals surface area contributed by atoms with Crippen LogP contribution in [-0.2, 0) is 9.53 Å². The van der Waals surface area contributed by atoms with Crippen LogP contribution in [0.4, 0.5) is 10.1 Å². The summed E-state index contributed by atoms with van der Waals surface area (Å²) in [6.45, 7) is 5.06. The van der Waals surface area contributed by atoms with Crippen LogP contribution in [0.3, 0.4) is 0 Å². The van der Waals surface area contributed by atoms with Gasteiger partial charge in [-0.2, -0.15) is 0 Å². The third-order valence-corrected chi connectivity index (χ3v) is 6.69. The van der Waals surface area contributed by atoms with Gasteiger partial charge in [-0.15, -0.1) is 0 Å². The molecule has 3 nitrogen and oxygen atoms in total. The SMILES string of the molecule is C[C@]12CC[C@H]3C[C@@]1(C(=O)Nc1ccccc1F)OC[C@@]32C. The van der Waals surface area contributed by atoms with Crippen LogP contribution in [0.2, 0.25) is 0 Å². The van der Waals surface area contributed by atoms with Gasteiger partial charge in [0.25, 0.3) is 5.91 Å². The molecule has 1 amide bonds. The highest BCUT2D eigenvalue weighted by atomic mass is 19.1. The first-order chi connectivity index (χ1) is 9.93. The topological polar surface area (TPSA) is 38.3 Å². The Morgan fingerprint density at radius 3 is 2.81 bits per heavy atom. The van der Waals surface area contributed by atoms with Crippen molar-refractivity contribution < 1.29 is 13.9 Å². The first-order valence-electron chi connectivity index (χ1n) is 7.63. The molecule has 2 saturated carbocycles. The van der Waals surface area contributed by atoms with Crippen molar-refractivity contribution in [2.75, 3.05) is 11.9 Å². The zero-order valence-electron chi connectivity index (χ0n) is 12.4. The number of hydrogen-bond donors (Lipinski definition) is 1. The maximum atomic E-state index is 13.8. The monoisotopic (exact) mass is 289 g/mol. The molecule has 112 valence electrons. The largest absolute Gasteiger partial charge is 0.364 e. The predicted octanol–water partition coefficient (Wildman–Crippen LogP) is 3.36. The fourth-order valence-corrected chi connectivity index (χ4v) is 5.04. The second-order valence-corrected chi connectivity index (χ2v) is 7.24. The molecule has 4 heteroatoms. The van der Waals surface area contributed by atoms with E-state index in [0.29, 0.717) is 12.5 Å². The first-order valence-corrected chi connectivity index (χ1v) is 7.63. The number of rotatable bonds is 2. The normalized spacial score (nSPS) is 43.3. The van der Waals surface area contributed by atoms with Crippen LogP contribution in [0, 0.1) is 22.6 Å². The van der Waals surface area contributed by atoms with Crippen LogP contribution in [0.5, 0.6) is 0 Å². The Labute approximate surface area is 123 Å². The van der Waals surface area contributed by atoms with Crippen molar-refractivity contribution in [3.63, 3.8) is 0 Å². The lowest BCUT2D eigenvalue weighted by atomic mass is 9.66. The first kappa shape index (κ1) is 13.3. The zero-order chi connectivity index (χ0) is 14.9. The summed E-state index contributed by atoms with van der Waals surface area (Å²) in [6, 6.07) is 6.28. The van der Waals surface area contributed by atoms with Crippen molar-refractivity contribution in [2.45, 2.75) is 38.7 Å². The average molecular weight is 289 g/mol. The maximum Gasteiger partial charge on any atom is 0.257 e. The lowest BCUT2D eigenvalue weighted by molar-refractivity contribution is -0.149. The van der Waals surface area contributed by atoms with E-state index < -0.39 is 11.4 Å². The van der Waals surface area contributed by atoms with Gasteiger partial charge in [-0.3, -0.25) is 4.79 Å². The minimum absolute atomic E-state index is 0.0829. The third kappa shape index (κ3) is 1.35. The molecule has 21 heavy (non-hydrogen) atoms. The standard InChI is InChI=1S/C17H20FNO2/c1-15-10-21-17(9-11(15)7-8-16(15,17)2)14(20)19-13-6-4-3-5-12(13)18/h3-6,11H,7-10H2,1-2H3,(H,19,20)/t11-,15-,16+,17-/m0/s1. The van der Waals surface area contributed by atoms with E-state index >= 15 is 0 Å². The molecular weight excluding hydrogens is 269 g/mol. The molecule has 2 aliphatic carbocycles. The van der Waals surface area contributed by atoms with Gasteiger partial charge in [-0.25, -0.2) is 4.39 Å². The molecule has 1 N–H and O–H groups in total. The van der Waals surface area contributed by atoms with E-state index in [4.69, 9.17) is 4.74 Å². The second kappa shape index (κ2) is 3.86. The maximum absolute atomic E-state index is 13.8. The summed E-state index contributed by atoms with van der Waals surface area (Å²) in [5.74, 6) is -0.0417. The van der Waals surface area contributed by atoms with Crippen molar-refractivity contribution in [3.05, 3.63) is 30.1 Å². The predicted molar refractivity (Wildman–Crippen MR) is 77.3 cm³/mol. The summed E-state index contributed by atoms with van der Waals surface area (Å²) in [5.41, 5.74) is -0.604. The van der Waals surface area contributed by atoms with Crippen LogP contribution < -0.4 is 5.32 Å². The Morgan fingerprint density at radius 2 is 2.14 bits per heavy atom. The zero-order valence-corrected chi connectivity index (χ0v) is 12.4. The number of carbonyl (C=O) groups excluding carboxylic acids is 1. The molecule has 4 atom stereocenters. The van der Waals surface area contributed by atoms with Gasteiger partial charge in [0.2, 0.25) is 0 Å². The van der Waals surface area contributed by atoms with Crippen molar-refractivity contribution >= 4 is 11.6 Å². The second-order valence-electron chi connectivity index (χ2n) is 7.24. The van der Waals surface area contributed by atoms with Gasteiger partial charge in [0.15, 0.2) is 5.60 Å². The molecule has 4 bridgehead atoms. The van der Waals surface area contributed by atoms with Crippen LogP contribution in [0.25, 0.3) is 0 Å². The van der Waals surface area contributed by atoms with E-state index in [-0.39, 0.29) is 22.4 Å². The van der Waals surface area contributed by atoms with Crippen LogP contribution in [-0.4, -0.2) is 18.1 Å². The Morgan fingerprint density at radius 1 is 1.38 bits per heavy atom. The number of ether oxygens (including phenoxy) is 1. The summed E-state index contributed by atoms with van der Waals surface area (Å²) in [4.78, 5) is 12.9. The van der Waals surface area contributed by atoms with Crippen LogP contribution >= 0.6 is 0 Å². The fourth-order valence-electron chi connectivity index (χ4n) is 5.04. The van der Waals surface area contributed by atoms with Crippen molar-refractivity contribution in [2.24, 2.45) is 16.7 Å². The average Bonchev–Trinajstić information content (AvgIpc) is 2.93. The van der Waals surface area contributed by atoms with E-state index in [1.807, 2.05) is 0 Å². The Kier molecular flexibility index (Phi) is 2.44. The molecule has 1 heterocycles. The molecule has 1 aromatic carbocycles. The van der Waals surface area contributed by atoms with Gasteiger partial charge in [-0.1, -0.05) is 26.0 Å². The van der Waals surface area contributed by atoms with E-state index in [9.17, 15) is 9.18 Å². The summed E-state index contributed by atoms with van der Waals surface area (Å²) >= 11 is 0. The molecule has 0 unspecified atom stereocenters. The molecular formula is C17H20FNO2. The van der Waals surface area contributed by atoms with Gasteiger partial charge in [0.05, 0.1) is 12.3 Å². The molecule has 0 radical (unpaired) electrons. The number of benzene rings is 1. The van der Waals surface area contributed by atoms with E-state index in [1.165, 1.54) is 12.5 Å². The lowest BCUT2D eigenvalue weighted by Gasteiger charge is -2.40. The number of amides is 1. The molecule has 3 fully saturated rings. The molecule has 1 aromatic rings. The number of anilines is 1. The summed E-state index contributed by atoms with van der Waals surface area (Å²) in [6.07, 6.45) is 2.95. The van der Waals surface area contributed by atoms with Crippen molar-refractivity contribution in [3.8, 4) is 0 Å². The summed E-state index contributed by atoms with van der Waals surface area (Å²) in [5, 5.41) is 2.76. The van der Waals surface area contributed by atoms with E-state index in [2.05, 4.69) is 19.2 Å². The highest BCUT2D eigenvalue weighted by Gasteiger charge is 2.78. The van der Waals surface area contributed by atoms with Crippen molar-refractivity contribution in [1.29, 1.82) is 0 Å².